The molecule has 0 spiro atoms. The molecule has 0 aromatic carbocycles. The fraction of sp³-hybridized carbons (Fsp3) is 0.765. The minimum absolute atomic E-state index is 0.0269. The summed E-state index contributed by atoms with van der Waals surface area (Å²) in [5.41, 5.74) is 0.740. The number of piperidine rings is 1. The van der Waals surface area contributed by atoms with Crippen LogP contribution in [-0.2, 0) is 4.79 Å². The Hall–Kier alpha value is -1.66. The Bertz CT molecular complexity index is 601. The van der Waals surface area contributed by atoms with Gasteiger partial charge in [0, 0.05) is 31.1 Å². The van der Waals surface area contributed by atoms with Crippen molar-refractivity contribution in [1.29, 1.82) is 0 Å². The van der Waals surface area contributed by atoms with Crippen molar-refractivity contribution >= 4 is 11.7 Å². The van der Waals surface area contributed by atoms with Crippen LogP contribution in [0.15, 0.2) is 6.07 Å². The zero-order valence-corrected chi connectivity index (χ0v) is 14.5. The van der Waals surface area contributed by atoms with Crippen molar-refractivity contribution < 1.29 is 13.6 Å². The first kappa shape index (κ1) is 17.2. The summed E-state index contributed by atoms with van der Waals surface area (Å²) in [4.78, 5) is 14.2. The van der Waals surface area contributed by atoms with E-state index in [4.69, 9.17) is 0 Å². The van der Waals surface area contributed by atoms with Gasteiger partial charge in [0.1, 0.15) is 11.9 Å². The molecule has 1 aromatic heterocycles. The van der Waals surface area contributed by atoms with Crippen LogP contribution in [0.2, 0.25) is 0 Å². The van der Waals surface area contributed by atoms with Crippen LogP contribution in [0.5, 0.6) is 0 Å². The summed E-state index contributed by atoms with van der Waals surface area (Å²) in [5, 5.41) is 7.60. The highest BCUT2D eigenvalue weighted by Crippen LogP contribution is 2.36. The van der Waals surface area contributed by atoms with Gasteiger partial charge in [0.05, 0.1) is 5.69 Å². The molecular weight excluding hydrogens is 314 g/mol. The number of anilines is 1. The highest BCUT2D eigenvalue weighted by molar-refractivity contribution is 5.78. The third-order valence-electron chi connectivity index (χ3n) is 5.12. The number of aromatic nitrogens is 2. The molecule has 2 aliphatic heterocycles. The van der Waals surface area contributed by atoms with Gasteiger partial charge in [-0.15, -0.1) is 0 Å². The number of carbonyl (C=O) groups is 1. The van der Waals surface area contributed by atoms with Crippen molar-refractivity contribution in [3.63, 3.8) is 0 Å². The zero-order valence-electron chi connectivity index (χ0n) is 14.5. The van der Waals surface area contributed by atoms with Gasteiger partial charge in [-0.25, -0.2) is 13.5 Å². The van der Waals surface area contributed by atoms with Gasteiger partial charge in [0.25, 0.3) is 6.43 Å². The molecule has 1 fully saturated rings. The maximum atomic E-state index is 13.5. The first-order valence-electron chi connectivity index (χ1n) is 8.76. The maximum Gasteiger partial charge on any atom is 0.260 e. The van der Waals surface area contributed by atoms with Crippen molar-refractivity contribution in [3.05, 3.63) is 11.8 Å². The molecular formula is C17H26F2N4O. The molecule has 24 heavy (non-hydrogen) atoms. The highest BCUT2D eigenvalue weighted by Gasteiger charge is 2.38. The Morgan fingerprint density at radius 1 is 1.42 bits per heavy atom. The molecule has 0 radical (unpaired) electrons. The van der Waals surface area contributed by atoms with E-state index >= 15 is 0 Å². The summed E-state index contributed by atoms with van der Waals surface area (Å²) in [6.07, 6.45) is -0.202. The third-order valence-corrected chi connectivity index (χ3v) is 5.12. The Morgan fingerprint density at radius 2 is 2.17 bits per heavy atom. The fourth-order valence-corrected chi connectivity index (χ4v) is 3.91. The van der Waals surface area contributed by atoms with Gasteiger partial charge < -0.3 is 10.2 Å². The quantitative estimate of drug-likeness (QED) is 0.920. The van der Waals surface area contributed by atoms with E-state index in [9.17, 15) is 13.6 Å². The first-order chi connectivity index (χ1) is 11.4. The number of amides is 1. The van der Waals surface area contributed by atoms with Gasteiger partial charge in [0.15, 0.2) is 0 Å². The molecule has 134 valence electrons. The lowest BCUT2D eigenvalue weighted by Gasteiger charge is -2.41. The van der Waals surface area contributed by atoms with Crippen molar-refractivity contribution in [2.45, 2.75) is 58.5 Å². The van der Waals surface area contributed by atoms with Gasteiger partial charge in [0.2, 0.25) is 5.91 Å². The van der Waals surface area contributed by atoms with E-state index in [-0.39, 0.29) is 23.8 Å². The van der Waals surface area contributed by atoms with Crippen LogP contribution >= 0.6 is 0 Å². The van der Waals surface area contributed by atoms with Gasteiger partial charge in [-0.2, -0.15) is 5.10 Å². The Balaban J connectivity index is 1.76. The number of alkyl halides is 2. The Kier molecular flexibility index (Phi) is 4.78. The van der Waals surface area contributed by atoms with Crippen LogP contribution in [0, 0.1) is 18.8 Å². The molecule has 1 unspecified atom stereocenters. The van der Waals surface area contributed by atoms with Crippen LogP contribution in [-0.4, -0.2) is 46.1 Å². The lowest BCUT2D eigenvalue weighted by atomic mass is 9.85. The number of aryl methyl sites for hydroxylation is 1. The van der Waals surface area contributed by atoms with E-state index in [0.29, 0.717) is 18.8 Å². The SMILES string of the molecule is Cc1cc2n(n1)[C@@H](C(F)F)C[C@@H](C1CCCN(C(=O)C(C)C)C1)N2. The van der Waals surface area contributed by atoms with E-state index in [1.54, 1.807) is 0 Å². The first-order valence-corrected chi connectivity index (χ1v) is 8.76. The number of hydrogen-bond donors (Lipinski definition) is 1. The molecule has 0 saturated carbocycles. The van der Waals surface area contributed by atoms with Crippen molar-refractivity contribution in [2.75, 3.05) is 18.4 Å². The normalized spacial score (nSPS) is 27.3. The summed E-state index contributed by atoms with van der Waals surface area (Å²) >= 11 is 0. The summed E-state index contributed by atoms with van der Waals surface area (Å²) < 4.78 is 28.4. The number of nitrogens with one attached hydrogen (secondary N) is 1. The van der Waals surface area contributed by atoms with Crippen LogP contribution in [0.25, 0.3) is 0 Å². The van der Waals surface area contributed by atoms with Gasteiger partial charge in [-0.3, -0.25) is 4.79 Å². The van der Waals surface area contributed by atoms with E-state index in [1.165, 1.54) is 4.68 Å². The molecule has 1 saturated heterocycles. The standard InChI is InChI=1S/C17H26F2N4O/c1-10(2)17(24)22-6-4-5-12(9-22)13-8-14(16(18)19)23-15(20-13)7-11(3)21-23/h7,10,12-14,16,20H,4-6,8-9H2,1-3H3/t12?,13-,14+/m0/s1. The molecule has 1 aromatic rings. The molecule has 2 aliphatic rings. The van der Waals surface area contributed by atoms with Gasteiger partial charge in [-0.1, -0.05) is 13.8 Å². The monoisotopic (exact) mass is 340 g/mol. The second-order valence-corrected chi connectivity index (χ2v) is 7.35. The van der Waals surface area contributed by atoms with Crippen LogP contribution in [0.3, 0.4) is 0 Å². The average Bonchev–Trinajstić information content (AvgIpc) is 2.92. The second kappa shape index (κ2) is 6.69. The van der Waals surface area contributed by atoms with E-state index < -0.39 is 12.5 Å². The second-order valence-electron chi connectivity index (χ2n) is 7.35. The topological polar surface area (TPSA) is 50.2 Å². The zero-order chi connectivity index (χ0) is 17.4. The maximum absolute atomic E-state index is 13.5. The third kappa shape index (κ3) is 3.26. The van der Waals surface area contributed by atoms with Gasteiger partial charge >= 0.3 is 0 Å². The molecule has 3 rings (SSSR count). The minimum Gasteiger partial charge on any atom is -0.367 e. The number of carbonyl (C=O) groups excluding carboxylic acids is 1. The number of rotatable bonds is 3. The molecule has 0 aliphatic carbocycles. The molecule has 5 nitrogen and oxygen atoms in total. The number of halogens is 2. The largest absolute Gasteiger partial charge is 0.367 e. The summed E-state index contributed by atoms with van der Waals surface area (Å²) in [7, 11) is 0. The molecule has 3 heterocycles. The summed E-state index contributed by atoms with van der Waals surface area (Å²) in [6, 6.07) is 0.882. The van der Waals surface area contributed by atoms with Crippen molar-refractivity contribution in [3.8, 4) is 0 Å². The molecule has 1 amide bonds. The van der Waals surface area contributed by atoms with E-state index in [2.05, 4.69) is 10.4 Å². The van der Waals surface area contributed by atoms with Crippen LogP contribution in [0.4, 0.5) is 14.6 Å². The Labute approximate surface area is 141 Å². The number of nitrogens with zero attached hydrogens (tertiary/aromatic N) is 3. The number of fused-ring (bicyclic) bond motifs is 1. The highest BCUT2D eigenvalue weighted by atomic mass is 19.3. The predicted molar refractivity (Wildman–Crippen MR) is 88.2 cm³/mol. The van der Waals surface area contributed by atoms with Gasteiger partial charge in [-0.05, 0) is 32.1 Å². The molecule has 0 bridgehead atoms. The van der Waals surface area contributed by atoms with Crippen molar-refractivity contribution in [2.24, 2.45) is 11.8 Å². The number of hydrogen-bond acceptors (Lipinski definition) is 3. The lowest BCUT2D eigenvalue weighted by Crippen LogP contribution is -2.49. The molecule has 7 heteroatoms. The molecule has 1 N–H and O–H groups in total. The van der Waals surface area contributed by atoms with E-state index in [0.717, 1.165) is 25.1 Å². The van der Waals surface area contributed by atoms with Crippen molar-refractivity contribution in [1.82, 2.24) is 14.7 Å². The fourth-order valence-electron chi connectivity index (χ4n) is 3.91. The summed E-state index contributed by atoms with van der Waals surface area (Å²) in [6.45, 7) is 7.04. The molecule has 3 atom stereocenters. The van der Waals surface area contributed by atoms with Crippen LogP contribution < -0.4 is 5.32 Å². The average molecular weight is 340 g/mol. The number of likely N-dealkylation sites (tertiary alicyclic amines) is 1. The predicted octanol–water partition coefficient (Wildman–Crippen LogP) is 3.08. The smallest absolute Gasteiger partial charge is 0.260 e. The van der Waals surface area contributed by atoms with E-state index in [1.807, 2.05) is 31.7 Å². The Morgan fingerprint density at radius 3 is 2.83 bits per heavy atom. The minimum atomic E-state index is -2.44. The lowest BCUT2D eigenvalue weighted by molar-refractivity contribution is -0.136. The summed E-state index contributed by atoms with van der Waals surface area (Å²) in [5.74, 6) is 0.996. The van der Waals surface area contributed by atoms with Crippen LogP contribution in [0.1, 0.15) is 44.8 Å².